The molecule has 1 aromatic carbocycles. The minimum absolute atomic E-state index is 0.0934. The van der Waals surface area contributed by atoms with Gasteiger partial charge in [0.2, 0.25) is 5.91 Å². The third-order valence-electron chi connectivity index (χ3n) is 4.06. The molecule has 156 valence electrons. The topological polar surface area (TPSA) is 126 Å². The lowest BCUT2D eigenvalue weighted by atomic mass is 10.3. The number of anilines is 1. The minimum atomic E-state index is -4.00. The second kappa shape index (κ2) is 10.4. The number of hydrogen-bond donors (Lipinski definition) is 3. The van der Waals surface area contributed by atoms with E-state index in [4.69, 9.17) is 0 Å². The van der Waals surface area contributed by atoms with E-state index in [1.165, 1.54) is 24.3 Å². The van der Waals surface area contributed by atoms with Crippen LogP contribution >= 0.6 is 0 Å². The number of benzene rings is 1. The van der Waals surface area contributed by atoms with Gasteiger partial charge in [-0.3, -0.25) is 9.59 Å². The van der Waals surface area contributed by atoms with Crippen molar-refractivity contribution in [1.82, 2.24) is 14.6 Å². The molecular weight excluding hydrogens is 396 g/mol. The van der Waals surface area contributed by atoms with Gasteiger partial charge < -0.3 is 15.2 Å². The van der Waals surface area contributed by atoms with Gasteiger partial charge in [-0.05, 0) is 42.8 Å². The highest BCUT2D eigenvalue weighted by molar-refractivity contribution is 7.90. The standard InChI is InChI=1S/C19H24N4O5S/c1-2-3-11-20-19(26)22-29(27,28)17-8-6-15(7-9-17)21-18(25)10-13-23-12-4-5-16(23)14-24/h4-9,12,14H,2-3,10-11,13H2,1H3,(H,21,25)(H2,20,22,26). The molecule has 0 fully saturated rings. The van der Waals surface area contributed by atoms with E-state index in [2.05, 4.69) is 10.6 Å². The van der Waals surface area contributed by atoms with E-state index in [-0.39, 0.29) is 17.2 Å². The number of rotatable bonds is 10. The summed E-state index contributed by atoms with van der Waals surface area (Å²) in [5, 5.41) is 5.13. The molecule has 0 aliphatic heterocycles. The average Bonchev–Trinajstić information content (AvgIpc) is 3.14. The van der Waals surface area contributed by atoms with Gasteiger partial charge in [0.1, 0.15) is 0 Å². The summed E-state index contributed by atoms with van der Waals surface area (Å²) in [7, 11) is -4.00. The maximum Gasteiger partial charge on any atom is 0.328 e. The Morgan fingerprint density at radius 2 is 1.86 bits per heavy atom. The van der Waals surface area contributed by atoms with Gasteiger partial charge in [0, 0.05) is 31.4 Å². The van der Waals surface area contributed by atoms with E-state index >= 15 is 0 Å². The lowest BCUT2D eigenvalue weighted by Crippen LogP contribution is -2.39. The molecule has 0 radical (unpaired) electrons. The van der Waals surface area contributed by atoms with Gasteiger partial charge in [-0.25, -0.2) is 17.9 Å². The Hall–Kier alpha value is -3.14. The lowest BCUT2D eigenvalue weighted by Gasteiger charge is -2.10. The number of carbonyl (C=O) groups excluding carboxylic acids is 3. The summed E-state index contributed by atoms with van der Waals surface area (Å²) in [6, 6.07) is 8.07. The molecule has 3 N–H and O–H groups in total. The number of carbonyl (C=O) groups is 3. The summed E-state index contributed by atoms with van der Waals surface area (Å²) in [5.74, 6) is -0.278. The molecule has 0 unspecified atom stereocenters. The molecule has 2 aromatic rings. The fraction of sp³-hybridized carbons (Fsp3) is 0.316. The summed E-state index contributed by atoms with van der Waals surface area (Å²) in [6.45, 7) is 2.69. The van der Waals surface area contributed by atoms with E-state index in [0.717, 1.165) is 19.1 Å². The Kier molecular flexibility index (Phi) is 7.96. The summed E-state index contributed by atoms with van der Waals surface area (Å²) in [5.41, 5.74) is 0.906. The van der Waals surface area contributed by atoms with Crippen LogP contribution in [0.4, 0.5) is 10.5 Å². The van der Waals surface area contributed by atoms with Crippen LogP contribution in [-0.2, 0) is 21.4 Å². The van der Waals surface area contributed by atoms with Crippen molar-refractivity contribution in [1.29, 1.82) is 0 Å². The molecule has 0 aliphatic carbocycles. The number of nitrogens with one attached hydrogen (secondary N) is 3. The number of urea groups is 1. The van der Waals surface area contributed by atoms with E-state index < -0.39 is 16.1 Å². The minimum Gasteiger partial charge on any atom is -0.345 e. The Bertz CT molecular complexity index is 951. The van der Waals surface area contributed by atoms with Crippen LogP contribution in [0.5, 0.6) is 0 Å². The van der Waals surface area contributed by atoms with Crippen molar-refractivity contribution in [2.24, 2.45) is 0 Å². The van der Waals surface area contributed by atoms with Crippen molar-refractivity contribution < 1.29 is 22.8 Å². The number of hydrogen-bond acceptors (Lipinski definition) is 5. The largest absolute Gasteiger partial charge is 0.345 e. The van der Waals surface area contributed by atoms with Crippen LogP contribution in [0.3, 0.4) is 0 Å². The van der Waals surface area contributed by atoms with Gasteiger partial charge in [0.25, 0.3) is 10.0 Å². The first-order valence-corrected chi connectivity index (χ1v) is 10.6. The molecule has 3 amide bonds. The molecule has 0 saturated carbocycles. The maximum absolute atomic E-state index is 12.2. The second-order valence-corrected chi connectivity index (χ2v) is 7.96. The Balaban J connectivity index is 1.89. The number of amides is 3. The molecule has 0 saturated heterocycles. The smallest absolute Gasteiger partial charge is 0.328 e. The highest BCUT2D eigenvalue weighted by atomic mass is 32.2. The zero-order valence-electron chi connectivity index (χ0n) is 16.1. The van der Waals surface area contributed by atoms with Crippen molar-refractivity contribution >= 4 is 33.9 Å². The van der Waals surface area contributed by atoms with Crippen LogP contribution in [-0.4, -0.2) is 37.8 Å². The summed E-state index contributed by atoms with van der Waals surface area (Å²) < 4.78 is 28.0. The second-order valence-electron chi connectivity index (χ2n) is 6.28. The predicted octanol–water partition coefficient (Wildman–Crippen LogP) is 2.12. The zero-order chi connectivity index (χ0) is 21.3. The first kappa shape index (κ1) is 22.2. The first-order chi connectivity index (χ1) is 13.9. The van der Waals surface area contributed by atoms with Crippen LogP contribution in [0.15, 0.2) is 47.5 Å². The van der Waals surface area contributed by atoms with Gasteiger partial charge in [-0.2, -0.15) is 0 Å². The first-order valence-electron chi connectivity index (χ1n) is 9.16. The third-order valence-corrected chi connectivity index (χ3v) is 5.40. The molecule has 1 aromatic heterocycles. The molecule has 0 atom stereocenters. The molecule has 9 nitrogen and oxygen atoms in total. The van der Waals surface area contributed by atoms with Crippen molar-refractivity contribution in [2.75, 3.05) is 11.9 Å². The van der Waals surface area contributed by atoms with E-state index in [1.807, 2.05) is 11.6 Å². The molecule has 0 spiro atoms. The molecule has 10 heteroatoms. The van der Waals surface area contributed by atoms with E-state index in [0.29, 0.717) is 24.5 Å². The van der Waals surface area contributed by atoms with Gasteiger partial charge >= 0.3 is 6.03 Å². The maximum atomic E-state index is 12.2. The Morgan fingerprint density at radius 1 is 1.14 bits per heavy atom. The highest BCUT2D eigenvalue weighted by Gasteiger charge is 2.17. The van der Waals surface area contributed by atoms with Gasteiger partial charge in [-0.15, -0.1) is 0 Å². The van der Waals surface area contributed by atoms with E-state index in [1.54, 1.807) is 22.9 Å². The number of sulfonamides is 1. The highest BCUT2D eigenvalue weighted by Crippen LogP contribution is 2.14. The number of aldehydes is 1. The van der Waals surface area contributed by atoms with Gasteiger partial charge in [-0.1, -0.05) is 13.3 Å². The normalized spacial score (nSPS) is 10.9. The van der Waals surface area contributed by atoms with Crippen molar-refractivity contribution in [3.63, 3.8) is 0 Å². The molecule has 0 aliphatic rings. The van der Waals surface area contributed by atoms with Crippen molar-refractivity contribution in [3.05, 3.63) is 48.3 Å². The van der Waals surface area contributed by atoms with Crippen molar-refractivity contribution in [2.45, 2.75) is 37.6 Å². The average molecular weight is 420 g/mol. The lowest BCUT2D eigenvalue weighted by molar-refractivity contribution is -0.116. The summed E-state index contributed by atoms with van der Waals surface area (Å²) in [6.07, 6.45) is 4.21. The molecule has 0 bridgehead atoms. The van der Waals surface area contributed by atoms with Crippen LogP contribution in [0.1, 0.15) is 36.7 Å². The Morgan fingerprint density at radius 3 is 2.52 bits per heavy atom. The number of unbranched alkanes of at least 4 members (excludes halogenated alkanes) is 1. The summed E-state index contributed by atoms with van der Waals surface area (Å²) >= 11 is 0. The van der Waals surface area contributed by atoms with E-state index in [9.17, 15) is 22.8 Å². The SMILES string of the molecule is CCCCNC(=O)NS(=O)(=O)c1ccc(NC(=O)CCn2cccc2C=O)cc1. The predicted molar refractivity (Wildman–Crippen MR) is 108 cm³/mol. The third kappa shape index (κ3) is 6.75. The fourth-order valence-corrected chi connectivity index (χ4v) is 3.43. The van der Waals surface area contributed by atoms with Crippen LogP contribution < -0.4 is 15.4 Å². The van der Waals surface area contributed by atoms with Crippen LogP contribution in [0.2, 0.25) is 0 Å². The quantitative estimate of drug-likeness (QED) is 0.401. The zero-order valence-corrected chi connectivity index (χ0v) is 16.9. The molecular formula is C19H24N4O5S. The van der Waals surface area contributed by atoms with Crippen LogP contribution in [0, 0.1) is 0 Å². The molecule has 29 heavy (non-hydrogen) atoms. The number of aryl methyl sites for hydroxylation is 1. The monoisotopic (exact) mass is 420 g/mol. The van der Waals surface area contributed by atoms with Crippen LogP contribution in [0.25, 0.3) is 0 Å². The van der Waals surface area contributed by atoms with Gasteiger partial charge in [0.15, 0.2) is 6.29 Å². The molecule has 2 rings (SSSR count). The Labute approximate surface area is 169 Å². The molecule has 1 heterocycles. The number of nitrogens with zero attached hydrogens (tertiary/aromatic N) is 1. The van der Waals surface area contributed by atoms with Gasteiger partial charge in [0.05, 0.1) is 10.6 Å². The van der Waals surface area contributed by atoms with Crippen molar-refractivity contribution in [3.8, 4) is 0 Å². The summed E-state index contributed by atoms with van der Waals surface area (Å²) in [4.78, 5) is 34.5. The fourth-order valence-electron chi connectivity index (χ4n) is 2.50. The number of aromatic nitrogens is 1.